The van der Waals surface area contributed by atoms with Gasteiger partial charge in [-0.3, -0.25) is 0 Å². The number of hydrogen-bond donors (Lipinski definition) is 3. The predicted octanol–water partition coefficient (Wildman–Crippen LogP) is 0.109. The lowest BCUT2D eigenvalue weighted by Crippen LogP contribution is -2.14. The Labute approximate surface area is 80.8 Å². The second-order valence-electron chi connectivity index (χ2n) is 2.57. The fourth-order valence-electron chi connectivity index (χ4n) is 0.722. The van der Waals surface area contributed by atoms with E-state index in [0.717, 1.165) is 4.90 Å². The Bertz CT molecular complexity index is 253. The smallest absolute Gasteiger partial charge is 0.123 e. The Morgan fingerprint density at radius 3 is 2.85 bits per heavy atom. The number of nitrogens with zero attached hydrogens (tertiary/aromatic N) is 1. The molecule has 0 saturated heterocycles. The highest BCUT2D eigenvalue weighted by atomic mass is 32.2. The van der Waals surface area contributed by atoms with Crippen molar-refractivity contribution in [3.63, 3.8) is 0 Å². The van der Waals surface area contributed by atoms with Gasteiger partial charge >= 0.3 is 0 Å². The number of aromatic nitrogens is 1. The summed E-state index contributed by atoms with van der Waals surface area (Å²) in [5.41, 5.74) is 5.40. The summed E-state index contributed by atoms with van der Waals surface area (Å²) in [6.45, 7) is -0.213. The van der Waals surface area contributed by atoms with Crippen molar-refractivity contribution in [1.82, 2.24) is 4.98 Å². The van der Waals surface area contributed by atoms with Crippen LogP contribution in [0.5, 0.6) is 0 Å². The molecule has 5 heteroatoms. The average Bonchev–Trinajstić information content (AvgIpc) is 2.16. The maximum absolute atomic E-state index is 9.06. The molecule has 0 spiro atoms. The van der Waals surface area contributed by atoms with Gasteiger partial charge in [0, 0.05) is 16.8 Å². The van der Waals surface area contributed by atoms with Gasteiger partial charge in [0.2, 0.25) is 0 Å². The molecular weight excluding hydrogens is 188 g/mol. The van der Waals surface area contributed by atoms with E-state index in [1.807, 2.05) is 6.07 Å². The number of nitrogens with two attached hydrogens (primary N) is 1. The van der Waals surface area contributed by atoms with Crippen LogP contribution in [0, 0.1) is 0 Å². The van der Waals surface area contributed by atoms with Gasteiger partial charge in [-0.15, -0.1) is 11.8 Å². The number of pyridine rings is 1. The molecular formula is C8H12N2O2S. The first-order valence-corrected chi connectivity index (χ1v) is 4.84. The van der Waals surface area contributed by atoms with Crippen LogP contribution < -0.4 is 5.73 Å². The van der Waals surface area contributed by atoms with Crippen molar-refractivity contribution in [3.8, 4) is 0 Å². The zero-order valence-electron chi connectivity index (χ0n) is 7.05. The number of rotatable bonds is 4. The zero-order chi connectivity index (χ0) is 9.68. The van der Waals surface area contributed by atoms with E-state index in [4.69, 9.17) is 15.9 Å². The van der Waals surface area contributed by atoms with Gasteiger partial charge in [-0.1, -0.05) is 0 Å². The summed E-state index contributed by atoms with van der Waals surface area (Å²) in [5, 5.41) is 17.6. The molecule has 1 unspecified atom stereocenters. The SMILES string of the molecule is Nc1ccc(SCC(O)CO)cn1. The Balaban J connectivity index is 2.41. The minimum atomic E-state index is -0.678. The van der Waals surface area contributed by atoms with Crippen LogP contribution >= 0.6 is 11.8 Å². The van der Waals surface area contributed by atoms with Crippen molar-refractivity contribution in [2.24, 2.45) is 0 Å². The highest BCUT2D eigenvalue weighted by Gasteiger charge is 2.02. The third-order valence-corrected chi connectivity index (χ3v) is 2.54. The quantitative estimate of drug-likeness (QED) is 0.601. The van der Waals surface area contributed by atoms with Crippen LogP contribution in [-0.2, 0) is 0 Å². The number of aliphatic hydroxyl groups is 2. The maximum Gasteiger partial charge on any atom is 0.123 e. The minimum Gasteiger partial charge on any atom is -0.394 e. The number of anilines is 1. The minimum absolute atomic E-state index is 0.213. The van der Waals surface area contributed by atoms with Gasteiger partial charge in [0.1, 0.15) is 5.82 Å². The third-order valence-electron chi connectivity index (χ3n) is 1.41. The van der Waals surface area contributed by atoms with Gasteiger partial charge in [-0.25, -0.2) is 4.98 Å². The third kappa shape index (κ3) is 3.63. The van der Waals surface area contributed by atoms with E-state index in [1.54, 1.807) is 12.3 Å². The van der Waals surface area contributed by atoms with Crippen LogP contribution in [0.1, 0.15) is 0 Å². The Morgan fingerprint density at radius 1 is 1.54 bits per heavy atom. The van der Waals surface area contributed by atoms with Crippen molar-refractivity contribution in [1.29, 1.82) is 0 Å². The molecule has 0 bridgehead atoms. The van der Waals surface area contributed by atoms with Gasteiger partial charge in [0.25, 0.3) is 0 Å². The van der Waals surface area contributed by atoms with Crippen LogP contribution in [0.15, 0.2) is 23.2 Å². The summed E-state index contributed by atoms with van der Waals surface area (Å²) in [5.74, 6) is 0.939. The predicted molar refractivity (Wildman–Crippen MR) is 52.5 cm³/mol. The van der Waals surface area contributed by atoms with E-state index in [0.29, 0.717) is 11.6 Å². The first-order valence-electron chi connectivity index (χ1n) is 3.85. The molecule has 0 radical (unpaired) electrons. The summed E-state index contributed by atoms with van der Waals surface area (Å²) < 4.78 is 0. The summed E-state index contributed by atoms with van der Waals surface area (Å²) in [7, 11) is 0. The molecule has 0 aliphatic heterocycles. The Hall–Kier alpha value is -0.780. The van der Waals surface area contributed by atoms with Crippen molar-refractivity contribution in [2.45, 2.75) is 11.0 Å². The molecule has 72 valence electrons. The van der Waals surface area contributed by atoms with E-state index in [9.17, 15) is 0 Å². The van der Waals surface area contributed by atoms with Crippen LogP contribution in [0.4, 0.5) is 5.82 Å². The van der Waals surface area contributed by atoms with Crippen LogP contribution in [-0.4, -0.2) is 33.7 Å². The second-order valence-corrected chi connectivity index (χ2v) is 3.66. The molecule has 0 fully saturated rings. The molecule has 13 heavy (non-hydrogen) atoms. The second kappa shape index (κ2) is 5.06. The van der Waals surface area contributed by atoms with E-state index in [2.05, 4.69) is 4.98 Å². The summed E-state index contributed by atoms with van der Waals surface area (Å²) in [6.07, 6.45) is 0.965. The lowest BCUT2D eigenvalue weighted by atomic mass is 10.4. The molecule has 4 nitrogen and oxygen atoms in total. The topological polar surface area (TPSA) is 79.4 Å². The zero-order valence-corrected chi connectivity index (χ0v) is 7.87. The van der Waals surface area contributed by atoms with E-state index >= 15 is 0 Å². The highest BCUT2D eigenvalue weighted by molar-refractivity contribution is 7.99. The standard InChI is InChI=1S/C8H12N2O2S/c9-8-2-1-7(3-10-8)13-5-6(12)4-11/h1-3,6,11-12H,4-5H2,(H2,9,10). The molecule has 1 atom stereocenters. The van der Waals surface area contributed by atoms with Gasteiger partial charge in [-0.05, 0) is 12.1 Å². The molecule has 0 saturated carbocycles. The largest absolute Gasteiger partial charge is 0.394 e. The van der Waals surface area contributed by atoms with Crippen LogP contribution in [0.2, 0.25) is 0 Å². The molecule has 0 amide bonds. The van der Waals surface area contributed by atoms with Gasteiger partial charge in [0.15, 0.2) is 0 Å². The molecule has 1 aromatic heterocycles. The number of aliphatic hydroxyl groups excluding tert-OH is 2. The van der Waals surface area contributed by atoms with E-state index in [1.165, 1.54) is 11.8 Å². The number of hydrogen-bond acceptors (Lipinski definition) is 5. The van der Waals surface area contributed by atoms with Crippen molar-refractivity contribution in [3.05, 3.63) is 18.3 Å². The Morgan fingerprint density at radius 2 is 2.31 bits per heavy atom. The molecule has 1 rings (SSSR count). The van der Waals surface area contributed by atoms with Gasteiger partial charge < -0.3 is 15.9 Å². The molecule has 0 aromatic carbocycles. The van der Waals surface area contributed by atoms with Gasteiger partial charge in [-0.2, -0.15) is 0 Å². The lowest BCUT2D eigenvalue weighted by Gasteiger charge is -2.05. The normalized spacial score (nSPS) is 12.8. The van der Waals surface area contributed by atoms with Gasteiger partial charge in [0.05, 0.1) is 12.7 Å². The number of thioether (sulfide) groups is 1. The molecule has 1 heterocycles. The monoisotopic (exact) mass is 200 g/mol. The summed E-state index contributed by atoms with van der Waals surface area (Å²) in [6, 6.07) is 3.53. The lowest BCUT2D eigenvalue weighted by molar-refractivity contribution is 0.113. The first kappa shape index (κ1) is 10.3. The maximum atomic E-state index is 9.06. The van der Waals surface area contributed by atoms with Crippen LogP contribution in [0.25, 0.3) is 0 Å². The fraction of sp³-hybridized carbons (Fsp3) is 0.375. The van der Waals surface area contributed by atoms with E-state index < -0.39 is 6.10 Å². The molecule has 1 aromatic rings. The highest BCUT2D eigenvalue weighted by Crippen LogP contribution is 2.17. The Kier molecular flexibility index (Phi) is 4.01. The summed E-state index contributed by atoms with van der Waals surface area (Å²) >= 11 is 1.43. The van der Waals surface area contributed by atoms with Crippen molar-refractivity contribution in [2.75, 3.05) is 18.1 Å². The average molecular weight is 200 g/mol. The van der Waals surface area contributed by atoms with Crippen LogP contribution in [0.3, 0.4) is 0 Å². The molecule has 4 N–H and O–H groups in total. The number of nitrogen functional groups attached to an aromatic ring is 1. The fourth-order valence-corrected chi connectivity index (χ4v) is 1.50. The first-order chi connectivity index (χ1) is 6.22. The van der Waals surface area contributed by atoms with Crippen molar-refractivity contribution < 1.29 is 10.2 Å². The summed E-state index contributed by atoms with van der Waals surface area (Å²) in [4.78, 5) is 4.83. The van der Waals surface area contributed by atoms with Crippen molar-refractivity contribution >= 4 is 17.6 Å². The molecule has 0 aliphatic carbocycles. The molecule has 0 aliphatic rings. The van der Waals surface area contributed by atoms with E-state index in [-0.39, 0.29) is 6.61 Å².